The first-order valence-corrected chi connectivity index (χ1v) is 10.5. The van der Waals surface area contributed by atoms with Crippen molar-refractivity contribution in [2.45, 2.75) is 32.6 Å². The molecule has 3 rings (SSSR count). The molecule has 6 heteroatoms. The van der Waals surface area contributed by atoms with Crippen LogP contribution in [0.2, 0.25) is 10.0 Å². The number of rotatable bonds is 5. The standard InChI is InChI=1S/C25H23Cl2NO3/c1-25(2,3)19-15-18(28-23(29)14-16-9-11-20(26)21(27)13-16)10-12-22(19)31-24(30)17-7-5-4-6-8-17/h4-13,15H,14H2,1-3H3,(H,28,29). The van der Waals surface area contributed by atoms with Gasteiger partial charge in [0, 0.05) is 11.3 Å². The lowest BCUT2D eigenvalue weighted by atomic mass is 9.86. The van der Waals surface area contributed by atoms with Crippen molar-refractivity contribution in [1.82, 2.24) is 0 Å². The van der Waals surface area contributed by atoms with Gasteiger partial charge in [-0.1, -0.05) is 68.2 Å². The summed E-state index contributed by atoms with van der Waals surface area (Å²) in [6, 6.07) is 19.2. The van der Waals surface area contributed by atoms with Crippen molar-refractivity contribution in [3.05, 3.63) is 93.5 Å². The summed E-state index contributed by atoms with van der Waals surface area (Å²) in [7, 11) is 0. The Bertz CT molecular complexity index is 1110. The Morgan fingerprint density at radius 2 is 1.61 bits per heavy atom. The molecule has 3 aromatic carbocycles. The van der Waals surface area contributed by atoms with E-state index in [1.54, 1.807) is 54.6 Å². The van der Waals surface area contributed by atoms with Gasteiger partial charge in [0.15, 0.2) is 0 Å². The molecule has 31 heavy (non-hydrogen) atoms. The quantitative estimate of drug-likeness (QED) is 0.344. The van der Waals surface area contributed by atoms with Gasteiger partial charge in [-0.05, 0) is 53.4 Å². The average molecular weight is 456 g/mol. The van der Waals surface area contributed by atoms with Crippen LogP contribution in [0, 0.1) is 0 Å². The zero-order chi connectivity index (χ0) is 22.6. The first-order valence-electron chi connectivity index (χ1n) is 9.79. The van der Waals surface area contributed by atoms with E-state index in [0.717, 1.165) is 11.1 Å². The number of ether oxygens (including phenoxy) is 1. The molecule has 0 aliphatic rings. The summed E-state index contributed by atoms with van der Waals surface area (Å²) in [6.07, 6.45) is 0.159. The van der Waals surface area contributed by atoms with E-state index in [1.165, 1.54) is 0 Å². The van der Waals surface area contributed by atoms with Crippen molar-refractivity contribution >= 4 is 40.8 Å². The summed E-state index contributed by atoms with van der Waals surface area (Å²) < 4.78 is 5.66. The molecule has 0 atom stereocenters. The summed E-state index contributed by atoms with van der Waals surface area (Å²) in [5, 5.41) is 3.75. The van der Waals surface area contributed by atoms with Crippen molar-refractivity contribution < 1.29 is 14.3 Å². The number of amides is 1. The number of halogens is 2. The van der Waals surface area contributed by atoms with Crippen LogP contribution < -0.4 is 10.1 Å². The van der Waals surface area contributed by atoms with Gasteiger partial charge in [-0.3, -0.25) is 4.79 Å². The van der Waals surface area contributed by atoms with Crippen LogP contribution in [0.1, 0.15) is 42.3 Å². The first-order chi connectivity index (χ1) is 14.6. The highest BCUT2D eigenvalue weighted by Crippen LogP contribution is 2.34. The van der Waals surface area contributed by atoms with Crippen LogP contribution in [0.3, 0.4) is 0 Å². The Morgan fingerprint density at radius 3 is 2.26 bits per heavy atom. The molecule has 1 N–H and O–H groups in total. The fourth-order valence-electron chi connectivity index (χ4n) is 3.06. The van der Waals surface area contributed by atoms with Crippen molar-refractivity contribution in [3.63, 3.8) is 0 Å². The number of carbonyl (C=O) groups is 2. The lowest BCUT2D eigenvalue weighted by Gasteiger charge is -2.23. The Balaban J connectivity index is 1.78. The molecule has 0 saturated heterocycles. The molecule has 0 heterocycles. The topological polar surface area (TPSA) is 55.4 Å². The molecule has 160 valence electrons. The molecule has 0 aromatic heterocycles. The average Bonchev–Trinajstić information content (AvgIpc) is 2.71. The Morgan fingerprint density at radius 1 is 0.903 bits per heavy atom. The van der Waals surface area contributed by atoms with Gasteiger partial charge in [0.05, 0.1) is 22.0 Å². The third kappa shape index (κ3) is 6.09. The van der Waals surface area contributed by atoms with Crippen molar-refractivity contribution in [3.8, 4) is 5.75 Å². The molecule has 1 amide bonds. The van der Waals surface area contributed by atoms with Gasteiger partial charge in [-0.25, -0.2) is 4.79 Å². The number of benzene rings is 3. The van der Waals surface area contributed by atoms with Gasteiger partial charge in [0.1, 0.15) is 5.75 Å². The van der Waals surface area contributed by atoms with Crippen LogP contribution in [0.5, 0.6) is 5.75 Å². The van der Waals surface area contributed by atoms with Crippen molar-refractivity contribution in [1.29, 1.82) is 0 Å². The van der Waals surface area contributed by atoms with Crippen molar-refractivity contribution in [2.75, 3.05) is 5.32 Å². The molecule has 4 nitrogen and oxygen atoms in total. The zero-order valence-electron chi connectivity index (χ0n) is 17.5. The second-order valence-electron chi connectivity index (χ2n) is 8.19. The summed E-state index contributed by atoms with van der Waals surface area (Å²) in [4.78, 5) is 25.0. The molecule has 0 aliphatic heterocycles. The number of esters is 1. The predicted molar refractivity (Wildman–Crippen MR) is 125 cm³/mol. The third-order valence-electron chi connectivity index (χ3n) is 4.63. The van der Waals surface area contributed by atoms with Crippen LogP contribution in [0.4, 0.5) is 5.69 Å². The minimum absolute atomic E-state index is 0.159. The van der Waals surface area contributed by atoms with Gasteiger partial charge in [-0.2, -0.15) is 0 Å². The van der Waals surface area contributed by atoms with Gasteiger partial charge < -0.3 is 10.1 Å². The molecule has 0 radical (unpaired) electrons. The first kappa shape index (κ1) is 22.9. The summed E-state index contributed by atoms with van der Waals surface area (Å²) in [6.45, 7) is 6.05. The van der Waals surface area contributed by atoms with Crippen LogP contribution in [0.25, 0.3) is 0 Å². The molecule has 3 aromatic rings. The van der Waals surface area contributed by atoms with E-state index in [-0.39, 0.29) is 17.7 Å². The summed E-state index contributed by atoms with van der Waals surface area (Å²) >= 11 is 12.0. The highest BCUT2D eigenvalue weighted by Gasteiger charge is 2.22. The summed E-state index contributed by atoms with van der Waals surface area (Å²) in [5.41, 5.74) is 2.35. The molecule has 0 bridgehead atoms. The maximum absolute atomic E-state index is 12.5. The number of anilines is 1. The van der Waals surface area contributed by atoms with E-state index in [2.05, 4.69) is 5.32 Å². The number of hydrogen-bond acceptors (Lipinski definition) is 3. The molecule has 0 fully saturated rings. The van der Waals surface area contributed by atoms with Crippen LogP contribution in [-0.2, 0) is 16.6 Å². The van der Waals surface area contributed by atoms with E-state index < -0.39 is 5.97 Å². The van der Waals surface area contributed by atoms with Gasteiger partial charge in [0.2, 0.25) is 5.91 Å². The summed E-state index contributed by atoms with van der Waals surface area (Å²) in [5.74, 6) is -0.154. The third-order valence-corrected chi connectivity index (χ3v) is 5.37. The molecule has 0 unspecified atom stereocenters. The fraction of sp³-hybridized carbons (Fsp3) is 0.200. The fourth-order valence-corrected chi connectivity index (χ4v) is 3.38. The van der Waals surface area contributed by atoms with Gasteiger partial charge in [-0.15, -0.1) is 0 Å². The van der Waals surface area contributed by atoms with Crippen LogP contribution in [-0.4, -0.2) is 11.9 Å². The van der Waals surface area contributed by atoms with Crippen molar-refractivity contribution in [2.24, 2.45) is 0 Å². The monoisotopic (exact) mass is 455 g/mol. The van der Waals surface area contributed by atoms with E-state index in [0.29, 0.717) is 27.0 Å². The van der Waals surface area contributed by atoms with E-state index in [1.807, 2.05) is 32.9 Å². The predicted octanol–water partition coefficient (Wildman–Crippen LogP) is 6.69. The van der Waals surface area contributed by atoms with E-state index >= 15 is 0 Å². The number of hydrogen-bond donors (Lipinski definition) is 1. The maximum atomic E-state index is 12.5. The minimum atomic E-state index is -0.428. The molecule has 0 spiro atoms. The van der Waals surface area contributed by atoms with Crippen LogP contribution >= 0.6 is 23.2 Å². The number of carbonyl (C=O) groups excluding carboxylic acids is 2. The second kappa shape index (κ2) is 9.54. The zero-order valence-corrected chi connectivity index (χ0v) is 19.1. The van der Waals surface area contributed by atoms with E-state index in [9.17, 15) is 9.59 Å². The van der Waals surface area contributed by atoms with E-state index in [4.69, 9.17) is 27.9 Å². The molecule has 0 aliphatic carbocycles. The Hall–Kier alpha value is -2.82. The smallest absolute Gasteiger partial charge is 0.343 e. The normalized spacial score (nSPS) is 11.1. The Kier molecular flexibility index (Phi) is 7.04. The lowest BCUT2D eigenvalue weighted by molar-refractivity contribution is -0.115. The van der Waals surface area contributed by atoms with Crippen LogP contribution in [0.15, 0.2) is 66.7 Å². The largest absolute Gasteiger partial charge is 0.423 e. The molecular weight excluding hydrogens is 433 g/mol. The molecular formula is C25H23Cl2NO3. The minimum Gasteiger partial charge on any atom is -0.423 e. The Labute approximate surface area is 192 Å². The number of nitrogens with one attached hydrogen (secondary N) is 1. The lowest BCUT2D eigenvalue weighted by Crippen LogP contribution is -2.18. The molecule has 0 saturated carbocycles. The van der Waals surface area contributed by atoms with Gasteiger partial charge >= 0.3 is 5.97 Å². The van der Waals surface area contributed by atoms with Gasteiger partial charge in [0.25, 0.3) is 0 Å². The maximum Gasteiger partial charge on any atom is 0.343 e. The highest BCUT2D eigenvalue weighted by atomic mass is 35.5. The highest BCUT2D eigenvalue weighted by molar-refractivity contribution is 6.42. The second-order valence-corrected chi connectivity index (χ2v) is 9.00. The SMILES string of the molecule is CC(C)(C)c1cc(NC(=O)Cc2ccc(Cl)c(Cl)c2)ccc1OC(=O)c1ccccc1.